The van der Waals surface area contributed by atoms with Crippen LogP contribution in [-0.4, -0.2) is 40.4 Å². The number of methoxy groups -OCH3 is 2. The molecule has 0 atom stereocenters. The van der Waals surface area contributed by atoms with E-state index >= 15 is 0 Å². The van der Waals surface area contributed by atoms with E-state index < -0.39 is 16.1 Å². The van der Waals surface area contributed by atoms with Crippen LogP contribution in [0.25, 0.3) is 0 Å². The van der Waals surface area contributed by atoms with Gasteiger partial charge in [0.2, 0.25) is 0 Å². The van der Waals surface area contributed by atoms with Gasteiger partial charge in [0.15, 0.2) is 16.1 Å². The summed E-state index contributed by atoms with van der Waals surface area (Å²) in [5.74, 6) is 0.129. The van der Waals surface area contributed by atoms with E-state index in [0.29, 0.717) is 6.42 Å². The standard InChI is InChI=1S/C7H16O4S/c1-4-5-12(8,9)6-7(10-2)11-3/h7H,4-6H2,1-3H3. The molecule has 5 heteroatoms. The van der Waals surface area contributed by atoms with Gasteiger partial charge in [-0.1, -0.05) is 6.92 Å². The molecule has 0 aliphatic heterocycles. The maximum absolute atomic E-state index is 11.2. The molecule has 0 spiro atoms. The lowest BCUT2D eigenvalue weighted by Crippen LogP contribution is -2.26. The number of hydrogen-bond acceptors (Lipinski definition) is 4. The summed E-state index contributed by atoms with van der Waals surface area (Å²) in [4.78, 5) is 0. The van der Waals surface area contributed by atoms with Gasteiger partial charge in [-0.15, -0.1) is 0 Å². The monoisotopic (exact) mass is 196 g/mol. The summed E-state index contributed by atoms with van der Waals surface area (Å²) in [7, 11) is -0.153. The fourth-order valence-electron chi connectivity index (χ4n) is 0.834. The van der Waals surface area contributed by atoms with Crippen LogP contribution < -0.4 is 0 Å². The Kier molecular flexibility index (Phi) is 5.44. The lowest BCUT2D eigenvalue weighted by atomic mass is 10.6. The molecular weight excluding hydrogens is 180 g/mol. The molecule has 12 heavy (non-hydrogen) atoms. The Morgan fingerprint density at radius 1 is 1.25 bits per heavy atom. The summed E-state index contributed by atoms with van der Waals surface area (Å²) in [6.07, 6.45) is -0.00999. The second-order valence-electron chi connectivity index (χ2n) is 2.52. The Balaban J connectivity index is 4.03. The lowest BCUT2D eigenvalue weighted by Gasteiger charge is -2.12. The second-order valence-corrected chi connectivity index (χ2v) is 4.74. The zero-order valence-electron chi connectivity index (χ0n) is 7.74. The van der Waals surface area contributed by atoms with Gasteiger partial charge in [-0.25, -0.2) is 8.42 Å². The van der Waals surface area contributed by atoms with Crippen LogP contribution in [0.3, 0.4) is 0 Å². The van der Waals surface area contributed by atoms with Crippen LogP contribution in [0.1, 0.15) is 13.3 Å². The first kappa shape index (κ1) is 11.9. The number of hydrogen-bond donors (Lipinski definition) is 0. The highest BCUT2D eigenvalue weighted by atomic mass is 32.2. The van der Waals surface area contributed by atoms with Gasteiger partial charge < -0.3 is 9.47 Å². The van der Waals surface area contributed by atoms with Crippen LogP contribution in [0, 0.1) is 0 Å². The van der Waals surface area contributed by atoms with E-state index in [1.165, 1.54) is 14.2 Å². The van der Waals surface area contributed by atoms with Crippen LogP contribution in [-0.2, 0) is 19.3 Å². The van der Waals surface area contributed by atoms with Gasteiger partial charge in [-0.05, 0) is 6.42 Å². The normalized spacial score (nSPS) is 12.3. The van der Waals surface area contributed by atoms with Crippen molar-refractivity contribution in [3.05, 3.63) is 0 Å². The minimum Gasteiger partial charge on any atom is -0.355 e. The molecule has 0 radical (unpaired) electrons. The molecule has 0 aromatic heterocycles. The summed E-state index contributed by atoms with van der Waals surface area (Å²) in [5, 5.41) is 0. The Morgan fingerprint density at radius 2 is 1.75 bits per heavy atom. The largest absolute Gasteiger partial charge is 0.355 e. The van der Waals surface area contributed by atoms with Gasteiger partial charge in [-0.2, -0.15) is 0 Å². The Labute approximate surface area is 73.8 Å². The van der Waals surface area contributed by atoms with E-state index in [2.05, 4.69) is 0 Å². The molecule has 4 nitrogen and oxygen atoms in total. The topological polar surface area (TPSA) is 52.6 Å². The highest BCUT2D eigenvalue weighted by Crippen LogP contribution is 2.00. The predicted molar refractivity (Wildman–Crippen MR) is 46.8 cm³/mol. The average Bonchev–Trinajstić information content (AvgIpc) is 2.00. The highest BCUT2D eigenvalue weighted by Gasteiger charge is 2.17. The molecule has 0 bridgehead atoms. The van der Waals surface area contributed by atoms with E-state index in [1.807, 2.05) is 6.92 Å². The van der Waals surface area contributed by atoms with Crippen molar-refractivity contribution in [2.24, 2.45) is 0 Å². The maximum atomic E-state index is 11.2. The van der Waals surface area contributed by atoms with Crippen molar-refractivity contribution >= 4 is 9.84 Å². The average molecular weight is 196 g/mol. The molecule has 0 fully saturated rings. The molecule has 0 saturated carbocycles. The van der Waals surface area contributed by atoms with Gasteiger partial charge >= 0.3 is 0 Å². The van der Waals surface area contributed by atoms with Crippen molar-refractivity contribution in [1.82, 2.24) is 0 Å². The van der Waals surface area contributed by atoms with Crippen molar-refractivity contribution in [3.63, 3.8) is 0 Å². The zero-order valence-corrected chi connectivity index (χ0v) is 8.56. The third-order valence-electron chi connectivity index (χ3n) is 1.43. The van der Waals surface area contributed by atoms with Gasteiger partial charge in [0.25, 0.3) is 0 Å². The fourth-order valence-corrected chi connectivity index (χ4v) is 2.31. The molecular formula is C7H16O4S. The van der Waals surface area contributed by atoms with Crippen molar-refractivity contribution in [3.8, 4) is 0 Å². The van der Waals surface area contributed by atoms with Crippen LogP contribution >= 0.6 is 0 Å². The van der Waals surface area contributed by atoms with Crippen LogP contribution in [0.4, 0.5) is 0 Å². The minimum atomic E-state index is -3.01. The third-order valence-corrected chi connectivity index (χ3v) is 3.24. The molecule has 0 saturated heterocycles. The van der Waals surface area contributed by atoms with Crippen molar-refractivity contribution in [1.29, 1.82) is 0 Å². The maximum Gasteiger partial charge on any atom is 0.170 e. The fraction of sp³-hybridized carbons (Fsp3) is 1.00. The molecule has 0 unspecified atom stereocenters. The molecule has 74 valence electrons. The highest BCUT2D eigenvalue weighted by molar-refractivity contribution is 7.91. The first-order valence-corrected chi connectivity index (χ1v) is 5.64. The van der Waals surface area contributed by atoms with Gasteiger partial charge in [0.05, 0.1) is 5.75 Å². The van der Waals surface area contributed by atoms with E-state index in [4.69, 9.17) is 9.47 Å². The smallest absolute Gasteiger partial charge is 0.170 e. The molecule has 0 rings (SSSR count). The number of sulfone groups is 1. The number of rotatable bonds is 6. The molecule has 0 amide bonds. The van der Waals surface area contributed by atoms with Crippen molar-refractivity contribution in [2.45, 2.75) is 19.6 Å². The summed E-state index contributed by atoms with van der Waals surface area (Å²) < 4.78 is 32.0. The first-order valence-electron chi connectivity index (χ1n) is 3.81. The molecule has 0 aliphatic rings. The summed E-state index contributed by atoms with van der Waals surface area (Å²) in [6.45, 7) is 1.83. The zero-order chi connectivity index (χ0) is 9.61. The first-order chi connectivity index (χ1) is 5.55. The van der Waals surface area contributed by atoms with Gasteiger partial charge in [-0.3, -0.25) is 0 Å². The Morgan fingerprint density at radius 3 is 2.08 bits per heavy atom. The minimum absolute atomic E-state index is 0.0617. The van der Waals surface area contributed by atoms with E-state index in [9.17, 15) is 8.42 Å². The molecule has 0 N–H and O–H groups in total. The van der Waals surface area contributed by atoms with Gasteiger partial charge in [0.1, 0.15) is 5.75 Å². The SMILES string of the molecule is CCCS(=O)(=O)CC(OC)OC. The molecule has 0 heterocycles. The van der Waals surface area contributed by atoms with Gasteiger partial charge in [0, 0.05) is 14.2 Å². The Hall–Kier alpha value is -0.130. The third kappa shape index (κ3) is 4.69. The number of ether oxygens (including phenoxy) is 2. The predicted octanol–water partition coefficient (Wildman–Crippen LogP) is 0.430. The second kappa shape index (κ2) is 5.50. The van der Waals surface area contributed by atoms with Crippen LogP contribution in [0.2, 0.25) is 0 Å². The molecule has 0 aromatic rings. The summed E-state index contributed by atoms with van der Waals surface area (Å²) >= 11 is 0. The lowest BCUT2D eigenvalue weighted by molar-refractivity contribution is -0.0851. The molecule has 0 aromatic carbocycles. The Bertz CT molecular complexity index is 193. The van der Waals surface area contributed by atoms with Crippen molar-refractivity contribution in [2.75, 3.05) is 25.7 Å². The summed E-state index contributed by atoms with van der Waals surface area (Å²) in [6, 6.07) is 0. The van der Waals surface area contributed by atoms with Crippen LogP contribution in [0.15, 0.2) is 0 Å². The molecule has 0 aliphatic carbocycles. The van der Waals surface area contributed by atoms with Crippen molar-refractivity contribution < 1.29 is 17.9 Å². The summed E-state index contributed by atoms with van der Waals surface area (Å²) in [5.41, 5.74) is 0. The van der Waals surface area contributed by atoms with E-state index in [0.717, 1.165) is 0 Å². The van der Waals surface area contributed by atoms with Crippen LogP contribution in [0.5, 0.6) is 0 Å². The van der Waals surface area contributed by atoms with E-state index in [-0.39, 0.29) is 11.5 Å². The van der Waals surface area contributed by atoms with E-state index in [1.54, 1.807) is 0 Å². The quantitative estimate of drug-likeness (QED) is 0.578.